The number of amides is 3. The highest BCUT2D eigenvalue weighted by Crippen LogP contribution is 2.38. The maximum Gasteiger partial charge on any atom is 0.253 e. The average Bonchev–Trinajstić information content (AvgIpc) is 3.51. The van der Waals surface area contributed by atoms with E-state index < -0.39 is 0 Å². The second-order valence-electron chi connectivity index (χ2n) is 7.84. The molecule has 29 heavy (non-hydrogen) atoms. The quantitative estimate of drug-likeness (QED) is 0.871. The van der Waals surface area contributed by atoms with Crippen LogP contribution in [0.25, 0.3) is 0 Å². The summed E-state index contributed by atoms with van der Waals surface area (Å²) >= 11 is 0. The average molecular weight is 391 g/mol. The second-order valence-corrected chi connectivity index (χ2v) is 7.84. The first-order valence-electron chi connectivity index (χ1n) is 10.1. The Morgan fingerprint density at radius 3 is 1.76 bits per heavy atom. The molecule has 3 amide bonds. The van der Waals surface area contributed by atoms with E-state index in [4.69, 9.17) is 0 Å². The van der Waals surface area contributed by atoms with E-state index in [0.29, 0.717) is 48.9 Å². The van der Waals surface area contributed by atoms with E-state index in [0.717, 1.165) is 6.42 Å². The zero-order valence-corrected chi connectivity index (χ0v) is 16.5. The van der Waals surface area contributed by atoms with Gasteiger partial charge in [0.2, 0.25) is 5.91 Å². The molecule has 150 valence electrons. The van der Waals surface area contributed by atoms with Gasteiger partial charge in [0.15, 0.2) is 0 Å². The van der Waals surface area contributed by atoms with Crippen LogP contribution in [0, 0.1) is 11.8 Å². The summed E-state index contributed by atoms with van der Waals surface area (Å²) in [4.78, 5) is 40.9. The number of anilines is 1. The van der Waals surface area contributed by atoms with Crippen molar-refractivity contribution in [3.8, 4) is 0 Å². The summed E-state index contributed by atoms with van der Waals surface area (Å²) < 4.78 is 0. The summed E-state index contributed by atoms with van der Waals surface area (Å²) in [6, 6.07) is 16.2. The molecule has 1 aliphatic heterocycles. The van der Waals surface area contributed by atoms with Crippen LogP contribution in [-0.4, -0.2) is 53.7 Å². The molecule has 2 aliphatic rings. The van der Waals surface area contributed by atoms with Crippen LogP contribution in [0.2, 0.25) is 0 Å². The van der Waals surface area contributed by atoms with Crippen molar-refractivity contribution in [2.75, 3.05) is 31.5 Å². The van der Waals surface area contributed by atoms with Crippen LogP contribution in [-0.2, 0) is 4.79 Å². The van der Waals surface area contributed by atoms with Gasteiger partial charge < -0.3 is 15.1 Å². The number of nitrogens with zero attached hydrogens (tertiary/aromatic N) is 2. The van der Waals surface area contributed by atoms with E-state index in [1.165, 1.54) is 0 Å². The van der Waals surface area contributed by atoms with E-state index >= 15 is 0 Å². The third kappa shape index (κ3) is 4.31. The molecule has 6 heteroatoms. The number of hydrogen-bond donors (Lipinski definition) is 1. The zero-order chi connectivity index (χ0) is 20.4. The fourth-order valence-corrected chi connectivity index (χ4v) is 3.68. The van der Waals surface area contributed by atoms with Crippen molar-refractivity contribution >= 4 is 23.4 Å². The number of benzene rings is 2. The number of hydrogen-bond acceptors (Lipinski definition) is 3. The maximum absolute atomic E-state index is 12.8. The highest BCUT2D eigenvalue weighted by atomic mass is 16.2. The van der Waals surface area contributed by atoms with Crippen molar-refractivity contribution in [1.82, 2.24) is 9.80 Å². The highest BCUT2D eigenvalue weighted by Gasteiger charge is 2.39. The Kier molecular flexibility index (Phi) is 5.34. The molecular formula is C23H25N3O3. The molecular weight excluding hydrogens is 366 g/mol. The largest absolute Gasteiger partial charge is 0.335 e. The van der Waals surface area contributed by atoms with Gasteiger partial charge in [-0.25, -0.2) is 0 Å². The molecule has 1 saturated carbocycles. The molecule has 0 aromatic heterocycles. The van der Waals surface area contributed by atoms with Gasteiger partial charge in [0.05, 0.1) is 0 Å². The van der Waals surface area contributed by atoms with Crippen LogP contribution in [0.3, 0.4) is 0 Å². The van der Waals surface area contributed by atoms with Crippen molar-refractivity contribution in [2.45, 2.75) is 13.3 Å². The van der Waals surface area contributed by atoms with Crippen LogP contribution in [0.15, 0.2) is 54.6 Å². The molecule has 0 spiro atoms. The normalized spacial score (nSPS) is 20.9. The lowest BCUT2D eigenvalue weighted by molar-refractivity contribution is -0.117. The van der Waals surface area contributed by atoms with Crippen molar-refractivity contribution in [1.29, 1.82) is 0 Å². The Balaban J connectivity index is 1.31. The Labute approximate surface area is 170 Å². The van der Waals surface area contributed by atoms with Crippen molar-refractivity contribution in [3.05, 3.63) is 65.7 Å². The summed E-state index contributed by atoms with van der Waals surface area (Å²) in [5, 5.41) is 2.91. The molecule has 4 rings (SSSR count). The molecule has 2 unspecified atom stereocenters. The van der Waals surface area contributed by atoms with Gasteiger partial charge in [0, 0.05) is 48.9 Å². The standard InChI is InChI=1S/C23H25N3O3/c1-16-15-20(16)21(27)24-19-9-7-18(8-10-19)23(29)26-13-11-25(12-14-26)22(28)17-5-3-2-4-6-17/h2-10,16,20H,11-15H2,1H3,(H,24,27). The van der Waals surface area contributed by atoms with Crippen molar-refractivity contribution < 1.29 is 14.4 Å². The zero-order valence-electron chi connectivity index (χ0n) is 16.5. The smallest absolute Gasteiger partial charge is 0.253 e. The lowest BCUT2D eigenvalue weighted by Crippen LogP contribution is -2.50. The minimum atomic E-state index is -0.0505. The van der Waals surface area contributed by atoms with Gasteiger partial charge in [-0.15, -0.1) is 0 Å². The van der Waals surface area contributed by atoms with Gasteiger partial charge in [0.1, 0.15) is 0 Å². The highest BCUT2D eigenvalue weighted by molar-refractivity contribution is 5.97. The summed E-state index contributed by atoms with van der Waals surface area (Å²) in [5.41, 5.74) is 1.97. The molecule has 2 aromatic rings. The predicted octanol–water partition coefficient (Wildman–Crippen LogP) is 2.88. The fraction of sp³-hybridized carbons (Fsp3) is 0.348. The molecule has 0 bridgehead atoms. The first-order valence-corrected chi connectivity index (χ1v) is 10.1. The van der Waals surface area contributed by atoms with Crippen molar-refractivity contribution in [2.24, 2.45) is 11.8 Å². The topological polar surface area (TPSA) is 69.7 Å². The first-order chi connectivity index (χ1) is 14.0. The molecule has 1 saturated heterocycles. The Morgan fingerprint density at radius 1 is 0.793 bits per heavy atom. The van der Waals surface area contributed by atoms with Gasteiger partial charge in [-0.05, 0) is 48.7 Å². The van der Waals surface area contributed by atoms with Crippen LogP contribution in [0.4, 0.5) is 5.69 Å². The van der Waals surface area contributed by atoms with Crippen LogP contribution in [0.1, 0.15) is 34.1 Å². The van der Waals surface area contributed by atoms with Gasteiger partial charge >= 0.3 is 0 Å². The van der Waals surface area contributed by atoms with Gasteiger partial charge in [-0.1, -0.05) is 25.1 Å². The second kappa shape index (κ2) is 8.07. The lowest BCUT2D eigenvalue weighted by atomic mass is 10.1. The SMILES string of the molecule is CC1CC1C(=O)Nc1ccc(C(=O)N2CCN(C(=O)c3ccccc3)CC2)cc1. The minimum Gasteiger partial charge on any atom is -0.335 e. The van der Waals surface area contributed by atoms with Gasteiger partial charge in [-0.2, -0.15) is 0 Å². The molecule has 1 aliphatic carbocycles. The number of piperazine rings is 1. The predicted molar refractivity (Wildman–Crippen MR) is 111 cm³/mol. The molecule has 2 fully saturated rings. The van der Waals surface area contributed by atoms with E-state index in [-0.39, 0.29) is 23.6 Å². The Morgan fingerprint density at radius 2 is 1.28 bits per heavy atom. The third-order valence-corrected chi connectivity index (χ3v) is 5.72. The fourth-order valence-electron chi connectivity index (χ4n) is 3.68. The summed E-state index contributed by atoms with van der Waals surface area (Å²) in [5.74, 6) is 0.582. The summed E-state index contributed by atoms with van der Waals surface area (Å²) in [6.45, 7) is 4.13. The number of carbonyl (C=O) groups is 3. The minimum absolute atomic E-state index is 0.00257. The van der Waals surface area contributed by atoms with E-state index in [1.807, 2.05) is 30.3 Å². The molecule has 2 aromatic carbocycles. The maximum atomic E-state index is 12.8. The number of carbonyl (C=O) groups excluding carboxylic acids is 3. The molecule has 2 atom stereocenters. The van der Waals surface area contributed by atoms with E-state index in [1.54, 1.807) is 34.1 Å². The Hall–Kier alpha value is -3.15. The Bertz CT molecular complexity index is 903. The summed E-state index contributed by atoms with van der Waals surface area (Å²) in [7, 11) is 0. The molecule has 6 nitrogen and oxygen atoms in total. The molecule has 1 heterocycles. The van der Waals surface area contributed by atoms with Gasteiger partial charge in [0.25, 0.3) is 11.8 Å². The lowest BCUT2D eigenvalue weighted by Gasteiger charge is -2.35. The van der Waals surface area contributed by atoms with Crippen LogP contribution in [0.5, 0.6) is 0 Å². The monoisotopic (exact) mass is 391 g/mol. The first kappa shape index (κ1) is 19.2. The van der Waals surface area contributed by atoms with Gasteiger partial charge in [-0.3, -0.25) is 14.4 Å². The van der Waals surface area contributed by atoms with E-state index in [2.05, 4.69) is 12.2 Å². The van der Waals surface area contributed by atoms with E-state index in [9.17, 15) is 14.4 Å². The number of rotatable bonds is 4. The van der Waals surface area contributed by atoms with Crippen molar-refractivity contribution in [3.63, 3.8) is 0 Å². The van der Waals surface area contributed by atoms with Crippen LogP contribution < -0.4 is 5.32 Å². The van der Waals surface area contributed by atoms with Crippen LogP contribution >= 0.6 is 0 Å². The third-order valence-electron chi connectivity index (χ3n) is 5.72. The summed E-state index contributed by atoms with van der Waals surface area (Å²) in [6.07, 6.45) is 0.946. The molecule has 0 radical (unpaired) electrons. The molecule has 1 N–H and O–H groups in total. The number of nitrogens with one attached hydrogen (secondary N) is 1.